The van der Waals surface area contributed by atoms with E-state index in [9.17, 15) is 0 Å². The van der Waals surface area contributed by atoms with Crippen LogP contribution >= 0.6 is 0 Å². The van der Waals surface area contributed by atoms with Crippen LogP contribution in [0.5, 0.6) is 0 Å². The van der Waals surface area contributed by atoms with Gasteiger partial charge in [0.05, 0.1) is 0 Å². The molecule has 0 unspecified atom stereocenters. The number of rotatable bonds is 0. The molecule has 23 heavy (non-hydrogen) atoms. The number of hydrogen-bond acceptors (Lipinski definition) is 3. The van der Waals surface area contributed by atoms with Crippen LogP contribution in [0.2, 0.25) is 0 Å². The van der Waals surface area contributed by atoms with Gasteiger partial charge in [-0.05, 0) is 6.16 Å². The molecule has 0 spiro atoms. The molecule has 0 aromatic carbocycles. The van der Waals surface area contributed by atoms with Crippen LogP contribution in [0, 0.1) is 0 Å². The van der Waals surface area contributed by atoms with Crippen molar-refractivity contribution >= 4 is 29.2 Å². The molecule has 0 aliphatic heterocycles. The van der Waals surface area contributed by atoms with Crippen LogP contribution in [-0.2, 0) is 0 Å². The minimum absolute atomic E-state index is 0. The fourth-order valence-corrected chi connectivity index (χ4v) is 0. The van der Waals surface area contributed by atoms with E-state index >= 15 is 0 Å². The average molecular weight is 431 g/mol. The molecule has 0 amide bonds. The van der Waals surface area contributed by atoms with E-state index in [4.69, 9.17) is 15.0 Å². The molecule has 0 heterocycles. The van der Waals surface area contributed by atoms with E-state index in [2.05, 4.69) is 0 Å². The van der Waals surface area contributed by atoms with E-state index in [-0.39, 0.29) is 153 Å². The number of hydrogen-bond donors (Lipinski definition) is 0. The predicted octanol–water partition coefficient (Wildman–Crippen LogP) is -22.0. The molecule has 0 bridgehead atoms. The monoisotopic (exact) mass is 430 g/mol. The summed E-state index contributed by atoms with van der Waals surface area (Å²) in [5.41, 5.74) is 0. The van der Waals surface area contributed by atoms with E-state index in [0.717, 1.165) is 0 Å². The van der Waals surface area contributed by atoms with Gasteiger partial charge in [0.15, 0.2) is 0 Å². The van der Waals surface area contributed by atoms with E-state index in [1.54, 1.807) is 0 Å². The van der Waals surface area contributed by atoms with Gasteiger partial charge in [0.2, 0.25) is 0 Å². The van der Waals surface area contributed by atoms with E-state index < -0.39 is 6.16 Å². The maximum atomic E-state index is 8.33. The Kier molecular flexibility index (Phi) is 30600. The quantitative estimate of drug-likeness (QED) is 0.337. The van der Waals surface area contributed by atoms with Gasteiger partial charge in [0, 0.05) is 0 Å². The molecule has 0 fully saturated rings. The Morgan fingerprint density at radius 2 is 0.435 bits per heavy atom. The van der Waals surface area contributed by atoms with Crippen molar-refractivity contribution in [2.24, 2.45) is 0 Å². The second-order valence-electron chi connectivity index (χ2n) is 0.250. The molecule has 32 N–H and O–H groups in total. The predicted molar refractivity (Wildman–Crippen MR) is 69.0 cm³/mol. The Hall–Kier alpha value is 0.686. The van der Waals surface area contributed by atoms with Crippen LogP contribution in [0.4, 0.5) is 4.79 Å². The zero-order chi connectivity index (χ0) is 3.58. The maximum Gasteiger partial charge on any atom is 2.00 e. The molecular weight excluding hydrogens is 399 g/mol. The first-order chi connectivity index (χ1) is 1.73. The van der Waals surface area contributed by atoms with Crippen molar-refractivity contribution in [3.05, 3.63) is 0 Å². The summed E-state index contributed by atoms with van der Waals surface area (Å²) in [6, 6.07) is 0. The molecule has 0 saturated carbocycles. The minimum Gasteiger partial charge on any atom is -1.00 e. The van der Waals surface area contributed by atoms with Crippen molar-refractivity contribution < 1.29 is 145 Å². The number of carbonyl (C=O) groups excluding carboxylic acids is 1. The Morgan fingerprint density at radius 1 is 0.435 bits per heavy atom. The van der Waals surface area contributed by atoms with Crippen LogP contribution in [0.3, 0.4) is 0 Å². The first kappa shape index (κ1) is 897. The van der Waals surface area contributed by atoms with E-state index in [0.29, 0.717) is 0 Å². The summed E-state index contributed by atoms with van der Waals surface area (Å²) >= 11 is 0. The molecular formula is CH32ClMgNaO19. The molecule has 0 atom stereocenters. The fourth-order valence-electron chi connectivity index (χ4n) is 0. The van der Waals surface area contributed by atoms with Gasteiger partial charge in [0.1, 0.15) is 0 Å². The summed E-state index contributed by atoms with van der Waals surface area (Å²) in [4.78, 5) is 8.33. The van der Waals surface area contributed by atoms with Gasteiger partial charge >= 0.3 is 52.6 Å². The first-order valence-electron chi connectivity index (χ1n) is 0.612. The second-order valence-corrected chi connectivity index (χ2v) is 0.250. The molecule has 22 heteroatoms. The van der Waals surface area contributed by atoms with Gasteiger partial charge in [-0.1, -0.05) is 0 Å². The number of carbonyl (C=O) groups is 1. The van der Waals surface area contributed by atoms with Crippen LogP contribution in [0.25, 0.3) is 0 Å². The maximum absolute atomic E-state index is 8.33. The molecule has 19 nitrogen and oxygen atoms in total. The molecule has 0 aliphatic carbocycles. The Bertz CT molecular complexity index is 46.4. The third-order valence-corrected chi connectivity index (χ3v) is 0. The zero-order valence-corrected chi connectivity index (χ0v) is 16.0. The summed E-state index contributed by atoms with van der Waals surface area (Å²) in [5, 5.41) is 16.7. The van der Waals surface area contributed by atoms with Crippen LogP contribution in [-0.4, -0.2) is 117 Å². The summed E-state index contributed by atoms with van der Waals surface area (Å²) in [5.74, 6) is 0. The number of halogens is 1. The molecule has 0 aliphatic rings. The molecule has 160 valence electrons. The fraction of sp³-hybridized carbons (Fsp3) is 0. The summed E-state index contributed by atoms with van der Waals surface area (Å²) < 4.78 is 0. The van der Waals surface area contributed by atoms with Crippen LogP contribution in [0.15, 0.2) is 0 Å². The van der Waals surface area contributed by atoms with Crippen LogP contribution in [0.1, 0.15) is 0 Å². The third kappa shape index (κ3) is 20600. The average Bonchev–Trinajstić information content (AvgIpc) is 0.811. The number of carboxylic acid groups (broad SMARTS) is 2. The molecule has 0 radical (unpaired) electrons. The van der Waals surface area contributed by atoms with Gasteiger partial charge < -0.3 is 115 Å². The van der Waals surface area contributed by atoms with Crippen molar-refractivity contribution in [2.45, 2.75) is 0 Å². The molecule has 0 rings (SSSR count). The van der Waals surface area contributed by atoms with Gasteiger partial charge in [-0.15, -0.1) is 0 Å². The molecule has 0 aromatic rings. The van der Waals surface area contributed by atoms with E-state index in [1.165, 1.54) is 0 Å². The summed E-state index contributed by atoms with van der Waals surface area (Å²) in [6.07, 6.45) is -2.33. The SMILES string of the molecule is O.O.O.O.O.O.O.O.O.O.O.O.O.O.O.O.O=C([O-])[O-].[Cl-].[Mg+2].[Na+]. The first-order valence-corrected chi connectivity index (χ1v) is 0.612. The largest absolute Gasteiger partial charge is 2.00 e. The summed E-state index contributed by atoms with van der Waals surface area (Å²) in [7, 11) is 0. The standard InChI is InChI=1S/CH2O3.ClH.Mg.Na.16H2O/c2-1(3)4;;;;;;;;;;;;;;;;;;;/h(H2,2,3,4);1H;;;16*1H2/q;;+2;+1;;;;;;;;;;;;;;;;/p-3. The smallest absolute Gasteiger partial charge is 1.00 e. The summed E-state index contributed by atoms with van der Waals surface area (Å²) in [6.45, 7) is 0. The van der Waals surface area contributed by atoms with Gasteiger partial charge in [-0.3, -0.25) is 0 Å². The van der Waals surface area contributed by atoms with Crippen molar-refractivity contribution in [2.75, 3.05) is 0 Å². The minimum atomic E-state index is -2.33. The molecule has 0 aromatic heterocycles. The topological polar surface area (TPSA) is 567 Å². The van der Waals surface area contributed by atoms with Crippen molar-refractivity contribution in [3.8, 4) is 0 Å². The Morgan fingerprint density at radius 3 is 0.435 bits per heavy atom. The Labute approximate surface area is 173 Å². The normalized spacial score (nSPS) is 1.04. The Balaban J connectivity index is -0.000000000263. The molecule has 0 saturated heterocycles. The van der Waals surface area contributed by atoms with Crippen molar-refractivity contribution in [1.29, 1.82) is 0 Å². The van der Waals surface area contributed by atoms with Crippen molar-refractivity contribution in [3.63, 3.8) is 0 Å². The van der Waals surface area contributed by atoms with Gasteiger partial charge in [-0.2, -0.15) is 0 Å². The van der Waals surface area contributed by atoms with E-state index in [1.807, 2.05) is 0 Å². The van der Waals surface area contributed by atoms with Crippen molar-refractivity contribution in [1.82, 2.24) is 0 Å². The zero-order valence-electron chi connectivity index (χ0n) is 11.8. The second kappa shape index (κ2) is 785. The van der Waals surface area contributed by atoms with Crippen LogP contribution < -0.4 is 52.2 Å². The van der Waals surface area contributed by atoms with Gasteiger partial charge in [-0.25, -0.2) is 0 Å². The third-order valence-electron chi connectivity index (χ3n) is 0. The van der Waals surface area contributed by atoms with Gasteiger partial charge in [0.25, 0.3) is 0 Å².